The summed E-state index contributed by atoms with van der Waals surface area (Å²) in [6.45, 7) is 3.68. The lowest BCUT2D eigenvalue weighted by molar-refractivity contribution is 0.0468. The monoisotopic (exact) mass is 360 g/mol. The van der Waals surface area contributed by atoms with Gasteiger partial charge in [-0.15, -0.1) is 0 Å². The fourth-order valence-corrected chi connectivity index (χ4v) is 2.76. The first kappa shape index (κ1) is 16.8. The van der Waals surface area contributed by atoms with Gasteiger partial charge in [0, 0.05) is 12.3 Å². The maximum Gasteiger partial charge on any atom is 0.338 e. The zero-order valence-electron chi connectivity index (χ0n) is 14.8. The molecule has 4 aromatic rings. The second-order valence-electron chi connectivity index (χ2n) is 6.19. The molecule has 0 spiro atoms. The minimum atomic E-state index is -0.507. The van der Waals surface area contributed by atoms with E-state index < -0.39 is 5.97 Å². The molecule has 1 aromatic carbocycles. The quantitative estimate of drug-likeness (QED) is 0.522. The van der Waals surface area contributed by atoms with E-state index in [4.69, 9.17) is 4.74 Å². The predicted molar refractivity (Wildman–Crippen MR) is 99.6 cm³/mol. The number of hydrogen-bond acceptors (Lipinski definition) is 6. The summed E-state index contributed by atoms with van der Waals surface area (Å²) in [5.41, 5.74) is 4.07. The summed E-state index contributed by atoms with van der Waals surface area (Å²) in [5.74, 6) is -0.507. The van der Waals surface area contributed by atoms with Crippen LogP contribution in [0.2, 0.25) is 0 Å². The van der Waals surface area contributed by atoms with Crippen molar-refractivity contribution in [2.45, 2.75) is 20.5 Å². The number of aryl methyl sites for hydroxylation is 2. The number of aromatic nitrogens is 4. The predicted octanol–water partition coefficient (Wildman–Crippen LogP) is 2.61. The summed E-state index contributed by atoms with van der Waals surface area (Å²) in [4.78, 5) is 37.7. The highest BCUT2D eigenvalue weighted by molar-refractivity contribution is 5.93. The van der Waals surface area contributed by atoms with Crippen molar-refractivity contribution < 1.29 is 9.53 Å². The lowest BCUT2D eigenvalue weighted by Gasteiger charge is -2.07. The number of benzene rings is 1. The molecule has 0 fully saturated rings. The molecule has 27 heavy (non-hydrogen) atoms. The number of fused-ring (bicyclic) bond motifs is 2. The number of nitrogens with zero attached hydrogens (tertiary/aromatic N) is 4. The lowest BCUT2D eigenvalue weighted by Crippen LogP contribution is -2.16. The van der Waals surface area contributed by atoms with Crippen LogP contribution in [0.4, 0.5) is 0 Å². The van der Waals surface area contributed by atoms with Crippen molar-refractivity contribution in [2.24, 2.45) is 0 Å². The second-order valence-corrected chi connectivity index (χ2v) is 6.19. The molecule has 0 unspecified atom stereocenters. The first-order valence-corrected chi connectivity index (χ1v) is 8.41. The number of pyridine rings is 1. The molecule has 0 aliphatic carbocycles. The Balaban J connectivity index is 1.57. The molecule has 3 aromatic heterocycles. The van der Waals surface area contributed by atoms with Crippen molar-refractivity contribution in [3.05, 3.63) is 81.7 Å². The van der Waals surface area contributed by atoms with E-state index in [1.54, 1.807) is 42.6 Å². The third kappa shape index (κ3) is 3.27. The SMILES string of the molecule is Cc1nc2ccc(C(=O)OCc3cc(=O)n4ccccc4n3)cc2nc1C. The standard InChI is InChI=1S/C20H16N4O3/c1-12-13(2)22-17-9-14(6-7-16(17)21-12)20(26)27-11-15-10-19(25)24-8-4-3-5-18(24)23-15/h3-10H,11H2,1-2H3. The van der Waals surface area contributed by atoms with E-state index >= 15 is 0 Å². The number of rotatable bonds is 3. The second kappa shape index (κ2) is 6.60. The van der Waals surface area contributed by atoms with Gasteiger partial charge in [0.25, 0.3) is 5.56 Å². The molecule has 7 nitrogen and oxygen atoms in total. The van der Waals surface area contributed by atoms with Gasteiger partial charge < -0.3 is 4.74 Å². The molecular formula is C20H16N4O3. The molecule has 0 saturated carbocycles. The van der Waals surface area contributed by atoms with Gasteiger partial charge in [0.05, 0.1) is 33.7 Å². The minimum Gasteiger partial charge on any atom is -0.456 e. The maximum absolute atomic E-state index is 12.4. The first-order chi connectivity index (χ1) is 13.0. The normalized spacial score (nSPS) is 11.0. The Bertz CT molecular complexity index is 1250. The van der Waals surface area contributed by atoms with Crippen LogP contribution in [-0.2, 0) is 11.3 Å². The smallest absolute Gasteiger partial charge is 0.338 e. The van der Waals surface area contributed by atoms with Gasteiger partial charge in [-0.25, -0.2) is 19.7 Å². The number of esters is 1. The molecule has 0 radical (unpaired) electrons. The van der Waals surface area contributed by atoms with Gasteiger partial charge in [0.15, 0.2) is 0 Å². The largest absolute Gasteiger partial charge is 0.456 e. The third-order valence-corrected chi connectivity index (χ3v) is 4.29. The molecule has 134 valence electrons. The van der Waals surface area contributed by atoms with Crippen LogP contribution in [0, 0.1) is 13.8 Å². The van der Waals surface area contributed by atoms with E-state index in [9.17, 15) is 9.59 Å². The summed E-state index contributed by atoms with van der Waals surface area (Å²) >= 11 is 0. The summed E-state index contributed by atoms with van der Waals surface area (Å²) in [7, 11) is 0. The van der Waals surface area contributed by atoms with Crippen molar-refractivity contribution in [1.29, 1.82) is 0 Å². The Kier molecular flexibility index (Phi) is 4.12. The Morgan fingerprint density at radius 2 is 1.78 bits per heavy atom. The van der Waals surface area contributed by atoms with E-state index in [1.165, 1.54) is 10.5 Å². The molecule has 0 amide bonds. The highest BCUT2D eigenvalue weighted by Gasteiger charge is 2.11. The number of hydrogen-bond donors (Lipinski definition) is 0. The van der Waals surface area contributed by atoms with Crippen LogP contribution in [0.15, 0.2) is 53.5 Å². The number of carbonyl (C=O) groups is 1. The molecular weight excluding hydrogens is 344 g/mol. The average molecular weight is 360 g/mol. The lowest BCUT2D eigenvalue weighted by atomic mass is 10.2. The topological polar surface area (TPSA) is 86.5 Å². The molecule has 0 atom stereocenters. The molecule has 0 N–H and O–H groups in total. The summed E-state index contributed by atoms with van der Waals surface area (Å²) in [6.07, 6.45) is 1.64. The highest BCUT2D eigenvalue weighted by Crippen LogP contribution is 2.15. The summed E-state index contributed by atoms with van der Waals surface area (Å²) < 4.78 is 6.75. The van der Waals surface area contributed by atoms with Crippen LogP contribution in [0.25, 0.3) is 16.7 Å². The van der Waals surface area contributed by atoms with E-state index in [0.29, 0.717) is 22.4 Å². The summed E-state index contributed by atoms with van der Waals surface area (Å²) in [6, 6.07) is 11.7. The van der Waals surface area contributed by atoms with Crippen LogP contribution < -0.4 is 5.56 Å². The van der Waals surface area contributed by atoms with Gasteiger partial charge in [-0.1, -0.05) is 6.07 Å². The van der Waals surface area contributed by atoms with Gasteiger partial charge in [-0.2, -0.15) is 0 Å². The Morgan fingerprint density at radius 1 is 1.00 bits per heavy atom. The zero-order valence-corrected chi connectivity index (χ0v) is 14.8. The fraction of sp³-hybridized carbons (Fsp3) is 0.150. The van der Waals surface area contributed by atoms with Crippen molar-refractivity contribution in [3.8, 4) is 0 Å². The van der Waals surface area contributed by atoms with Gasteiger partial charge >= 0.3 is 5.97 Å². The highest BCUT2D eigenvalue weighted by atomic mass is 16.5. The first-order valence-electron chi connectivity index (χ1n) is 8.41. The summed E-state index contributed by atoms with van der Waals surface area (Å²) in [5, 5.41) is 0. The van der Waals surface area contributed by atoms with Crippen LogP contribution in [0.1, 0.15) is 27.4 Å². The molecule has 0 saturated heterocycles. The van der Waals surface area contributed by atoms with Gasteiger partial charge in [-0.05, 0) is 44.2 Å². The Morgan fingerprint density at radius 3 is 2.59 bits per heavy atom. The minimum absolute atomic E-state index is 0.0872. The van der Waals surface area contributed by atoms with Crippen LogP contribution in [0.3, 0.4) is 0 Å². The van der Waals surface area contributed by atoms with Crippen molar-refractivity contribution in [1.82, 2.24) is 19.4 Å². The van der Waals surface area contributed by atoms with Crippen molar-refractivity contribution in [2.75, 3.05) is 0 Å². The molecule has 7 heteroatoms. The van der Waals surface area contributed by atoms with E-state index in [1.807, 2.05) is 13.8 Å². The molecule has 4 rings (SSSR count). The molecule has 0 aliphatic rings. The average Bonchev–Trinajstić information content (AvgIpc) is 2.67. The molecule has 3 heterocycles. The van der Waals surface area contributed by atoms with Gasteiger partial charge in [0.1, 0.15) is 12.3 Å². The van der Waals surface area contributed by atoms with Crippen molar-refractivity contribution in [3.63, 3.8) is 0 Å². The van der Waals surface area contributed by atoms with Crippen LogP contribution >= 0.6 is 0 Å². The number of ether oxygens (including phenoxy) is 1. The maximum atomic E-state index is 12.4. The van der Waals surface area contributed by atoms with Crippen LogP contribution in [0.5, 0.6) is 0 Å². The zero-order chi connectivity index (χ0) is 19.0. The van der Waals surface area contributed by atoms with E-state index in [0.717, 1.165) is 16.9 Å². The van der Waals surface area contributed by atoms with E-state index in [2.05, 4.69) is 15.0 Å². The van der Waals surface area contributed by atoms with Gasteiger partial charge in [-0.3, -0.25) is 9.20 Å². The molecule has 0 aliphatic heterocycles. The number of carbonyl (C=O) groups excluding carboxylic acids is 1. The Labute approximate surface area is 154 Å². The van der Waals surface area contributed by atoms with Crippen LogP contribution in [-0.4, -0.2) is 25.3 Å². The van der Waals surface area contributed by atoms with Gasteiger partial charge in [0.2, 0.25) is 0 Å². The third-order valence-electron chi connectivity index (χ3n) is 4.29. The molecule has 0 bridgehead atoms. The Hall–Kier alpha value is -3.61. The van der Waals surface area contributed by atoms with E-state index in [-0.39, 0.29) is 12.2 Å². The van der Waals surface area contributed by atoms with Crippen molar-refractivity contribution >= 4 is 22.6 Å². The fourth-order valence-electron chi connectivity index (χ4n) is 2.76.